The summed E-state index contributed by atoms with van der Waals surface area (Å²) in [4.78, 5) is 26.8. The molecule has 0 saturated carbocycles. The van der Waals surface area contributed by atoms with Gasteiger partial charge in [0.1, 0.15) is 18.0 Å². The third kappa shape index (κ3) is 6.99. The van der Waals surface area contributed by atoms with Gasteiger partial charge in [0.15, 0.2) is 0 Å². The van der Waals surface area contributed by atoms with Crippen LogP contribution in [-0.2, 0) is 11.3 Å². The van der Waals surface area contributed by atoms with Crippen LogP contribution in [0.1, 0.15) is 49.5 Å². The molecule has 166 valence electrons. The molecule has 1 unspecified atom stereocenters. The van der Waals surface area contributed by atoms with Crippen LogP contribution in [0.15, 0.2) is 53.0 Å². The number of hydrogen-bond donors (Lipinski definition) is 1. The van der Waals surface area contributed by atoms with E-state index in [-0.39, 0.29) is 18.0 Å². The normalized spacial score (nSPS) is 16.5. The molecule has 2 aromatic rings. The average molecular weight is 489 g/mol. The third-order valence-electron chi connectivity index (χ3n) is 4.84. The van der Waals surface area contributed by atoms with Crippen LogP contribution in [0.3, 0.4) is 0 Å². The lowest BCUT2D eigenvalue weighted by Gasteiger charge is -2.34. The topological polar surface area (TPSA) is 67.9 Å². The maximum atomic E-state index is 12.8. The molecule has 1 atom stereocenters. The van der Waals surface area contributed by atoms with E-state index in [0.29, 0.717) is 35.5 Å². The molecule has 1 N–H and O–H groups in total. The number of benzene rings is 2. The Morgan fingerprint density at radius 2 is 1.90 bits per heavy atom. The van der Waals surface area contributed by atoms with E-state index >= 15 is 0 Å². The van der Waals surface area contributed by atoms with Crippen molar-refractivity contribution in [2.75, 3.05) is 13.1 Å². The number of carbonyl (C=O) groups excluding carboxylic acids is 2. The molecule has 1 fully saturated rings. The zero-order valence-corrected chi connectivity index (χ0v) is 19.8. The number of carbonyl (C=O) groups is 2. The van der Waals surface area contributed by atoms with Crippen LogP contribution in [0.4, 0.5) is 4.79 Å². The minimum absolute atomic E-state index is 0.116. The number of rotatable bonds is 5. The Balaban J connectivity index is 1.56. The van der Waals surface area contributed by atoms with Crippen molar-refractivity contribution in [2.45, 2.75) is 51.9 Å². The Morgan fingerprint density at radius 3 is 2.58 bits per heavy atom. The van der Waals surface area contributed by atoms with Gasteiger partial charge in [0, 0.05) is 23.6 Å². The van der Waals surface area contributed by atoms with E-state index < -0.39 is 5.60 Å². The first-order valence-electron chi connectivity index (χ1n) is 10.5. The SMILES string of the molecule is CC(C)(C)OC(=O)N1CCCC(NC(=O)c2ccc(OCc3ccccc3)cc2Br)C1. The molecule has 1 heterocycles. The molecule has 1 saturated heterocycles. The van der Waals surface area contributed by atoms with Gasteiger partial charge in [-0.2, -0.15) is 0 Å². The number of nitrogens with zero attached hydrogens (tertiary/aromatic N) is 1. The summed E-state index contributed by atoms with van der Waals surface area (Å²) in [5.41, 5.74) is 1.07. The highest BCUT2D eigenvalue weighted by Gasteiger charge is 2.28. The number of ether oxygens (including phenoxy) is 2. The van der Waals surface area contributed by atoms with Crippen molar-refractivity contribution in [3.8, 4) is 5.75 Å². The Hall–Kier alpha value is -2.54. The van der Waals surface area contributed by atoms with E-state index in [2.05, 4.69) is 21.2 Å². The molecular formula is C24H29BrN2O4. The lowest BCUT2D eigenvalue weighted by Crippen LogP contribution is -2.50. The number of halogens is 1. The number of likely N-dealkylation sites (tertiary alicyclic amines) is 1. The molecule has 0 radical (unpaired) electrons. The minimum Gasteiger partial charge on any atom is -0.489 e. The fourth-order valence-electron chi connectivity index (χ4n) is 3.36. The minimum atomic E-state index is -0.539. The van der Waals surface area contributed by atoms with Gasteiger partial charge in [0.2, 0.25) is 0 Å². The standard InChI is InChI=1S/C24H29BrN2O4/c1-24(2,3)31-23(29)27-13-7-10-18(15-27)26-22(28)20-12-11-19(14-21(20)25)30-16-17-8-5-4-6-9-17/h4-6,8-9,11-12,14,18H,7,10,13,15-16H2,1-3H3,(H,26,28). The van der Waals surface area contributed by atoms with Gasteiger partial charge < -0.3 is 19.7 Å². The highest BCUT2D eigenvalue weighted by atomic mass is 79.9. The van der Waals surface area contributed by atoms with E-state index in [4.69, 9.17) is 9.47 Å². The van der Waals surface area contributed by atoms with Gasteiger partial charge in [-0.15, -0.1) is 0 Å². The van der Waals surface area contributed by atoms with Crippen molar-refractivity contribution >= 4 is 27.9 Å². The summed E-state index contributed by atoms with van der Waals surface area (Å²) in [5, 5.41) is 3.04. The van der Waals surface area contributed by atoms with E-state index in [1.54, 1.807) is 23.1 Å². The number of amides is 2. The molecule has 0 spiro atoms. The van der Waals surface area contributed by atoms with Crippen molar-refractivity contribution in [3.63, 3.8) is 0 Å². The van der Waals surface area contributed by atoms with Crippen LogP contribution in [-0.4, -0.2) is 41.6 Å². The lowest BCUT2D eigenvalue weighted by molar-refractivity contribution is 0.0185. The van der Waals surface area contributed by atoms with Gasteiger partial charge in [-0.25, -0.2) is 4.79 Å². The van der Waals surface area contributed by atoms with Crippen LogP contribution in [0.25, 0.3) is 0 Å². The van der Waals surface area contributed by atoms with Crippen molar-refractivity contribution in [2.24, 2.45) is 0 Å². The number of hydrogen-bond acceptors (Lipinski definition) is 4. The van der Waals surface area contributed by atoms with E-state index in [0.717, 1.165) is 18.4 Å². The zero-order valence-electron chi connectivity index (χ0n) is 18.2. The van der Waals surface area contributed by atoms with Crippen LogP contribution >= 0.6 is 15.9 Å². The smallest absolute Gasteiger partial charge is 0.410 e. The Labute approximate surface area is 192 Å². The summed E-state index contributed by atoms with van der Waals surface area (Å²) in [6.07, 6.45) is 1.30. The summed E-state index contributed by atoms with van der Waals surface area (Å²) < 4.78 is 11.9. The second-order valence-electron chi connectivity index (χ2n) is 8.65. The van der Waals surface area contributed by atoms with Gasteiger partial charge in [0.05, 0.1) is 5.56 Å². The van der Waals surface area contributed by atoms with Crippen molar-refractivity contribution in [1.82, 2.24) is 10.2 Å². The van der Waals surface area contributed by atoms with Crippen LogP contribution in [0.5, 0.6) is 5.75 Å². The molecule has 6 nitrogen and oxygen atoms in total. The van der Waals surface area contributed by atoms with Crippen molar-refractivity contribution in [3.05, 3.63) is 64.1 Å². The number of piperidine rings is 1. The highest BCUT2D eigenvalue weighted by molar-refractivity contribution is 9.10. The summed E-state index contributed by atoms with van der Waals surface area (Å²) in [6, 6.07) is 15.1. The zero-order chi connectivity index (χ0) is 22.4. The Bertz CT molecular complexity index is 912. The predicted octanol–water partition coefficient (Wildman–Crippen LogP) is 5.16. The largest absolute Gasteiger partial charge is 0.489 e. The third-order valence-corrected chi connectivity index (χ3v) is 5.50. The first kappa shape index (κ1) is 23.1. The van der Waals surface area contributed by atoms with Gasteiger partial charge >= 0.3 is 6.09 Å². The molecule has 0 bridgehead atoms. The van der Waals surface area contributed by atoms with E-state index in [9.17, 15) is 9.59 Å². The van der Waals surface area contributed by atoms with Gasteiger partial charge in [-0.1, -0.05) is 30.3 Å². The molecule has 0 aliphatic carbocycles. The first-order chi connectivity index (χ1) is 14.7. The molecule has 0 aromatic heterocycles. The summed E-state index contributed by atoms with van der Waals surface area (Å²) >= 11 is 3.48. The first-order valence-corrected chi connectivity index (χ1v) is 11.3. The summed E-state index contributed by atoms with van der Waals surface area (Å²) in [5.74, 6) is 0.499. The van der Waals surface area contributed by atoms with Crippen LogP contribution in [0.2, 0.25) is 0 Å². The Morgan fingerprint density at radius 1 is 1.16 bits per heavy atom. The average Bonchev–Trinajstić information content (AvgIpc) is 2.72. The number of nitrogens with one attached hydrogen (secondary N) is 1. The van der Waals surface area contributed by atoms with E-state index in [1.807, 2.05) is 51.1 Å². The predicted molar refractivity (Wildman–Crippen MR) is 123 cm³/mol. The van der Waals surface area contributed by atoms with E-state index in [1.165, 1.54) is 0 Å². The maximum absolute atomic E-state index is 12.8. The molecule has 1 aliphatic heterocycles. The van der Waals surface area contributed by atoms with Crippen LogP contribution in [0, 0.1) is 0 Å². The highest BCUT2D eigenvalue weighted by Crippen LogP contribution is 2.24. The summed E-state index contributed by atoms with van der Waals surface area (Å²) in [6.45, 7) is 7.08. The van der Waals surface area contributed by atoms with Crippen molar-refractivity contribution in [1.29, 1.82) is 0 Å². The molecule has 1 aliphatic rings. The monoisotopic (exact) mass is 488 g/mol. The molecule has 2 amide bonds. The quantitative estimate of drug-likeness (QED) is 0.631. The van der Waals surface area contributed by atoms with Gasteiger partial charge in [0.25, 0.3) is 5.91 Å². The maximum Gasteiger partial charge on any atom is 0.410 e. The molecule has 2 aromatic carbocycles. The molecule has 3 rings (SSSR count). The molecular weight excluding hydrogens is 460 g/mol. The van der Waals surface area contributed by atoms with Crippen molar-refractivity contribution < 1.29 is 19.1 Å². The second-order valence-corrected chi connectivity index (χ2v) is 9.51. The fraction of sp³-hybridized carbons (Fsp3) is 0.417. The van der Waals surface area contributed by atoms with Gasteiger partial charge in [-0.3, -0.25) is 4.79 Å². The molecule has 31 heavy (non-hydrogen) atoms. The fourth-order valence-corrected chi connectivity index (χ4v) is 3.90. The Kier molecular flexibility index (Phi) is 7.59. The van der Waals surface area contributed by atoms with Gasteiger partial charge in [-0.05, 0) is 73.3 Å². The van der Waals surface area contributed by atoms with Crippen LogP contribution < -0.4 is 10.1 Å². The lowest BCUT2D eigenvalue weighted by atomic mass is 10.1. The second kappa shape index (κ2) is 10.2. The summed E-state index contributed by atoms with van der Waals surface area (Å²) in [7, 11) is 0. The molecule has 7 heteroatoms.